The number of halogens is 1. The van der Waals surface area contributed by atoms with Gasteiger partial charge in [0.25, 0.3) is 0 Å². The quantitative estimate of drug-likeness (QED) is 0.766. The van der Waals surface area contributed by atoms with Gasteiger partial charge in [-0.1, -0.05) is 11.6 Å². The van der Waals surface area contributed by atoms with Crippen LogP contribution in [0.15, 0.2) is 6.20 Å². The average molecular weight is 191 g/mol. The molecule has 0 amide bonds. The molecule has 1 heterocycles. The molecule has 0 aromatic carbocycles. The van der Waals surface area contributed by atoms with Gasteiger partial charge in [-0.25, -0.2) is 4.98 Å². The summed E-state index contributed by atoms with van der Waals surface area (Å²) in [4.78, 5) is 3.93. The molecule has 1 aromatic rings. The third-order valence-corrected chi connectivity index (χ3v) is 1.94. The number of aliphatic hydroxyl groups excluding tert-OH is 1. The van der Waals surface area contributed by atoms with Crippen LogP contribution in [0.3, 0.4) is 0 Å². The van der Waals surface area contributed by atoms with E-state index in [1.165, 1.54) is 13.3 Å². The maximum Gasteiger partial charge on any atom is 0.140 e. The highest BCUT2D eigenvalue weighted by atomic mass is 35.5. The lowest BCUT2D eigenvalue weighted by molar-refractivity contribution is 0.0571. The molecule has 5 heteroatoms. The second-order valence-corrected chi connectivity index (χ2v) is 2.86. The molecule has 1 aromatic heterocycles. The molecule has 12 heavy (non-hydrogen) atoms. The van der Waals surface area contributed by atoms with Crippen LogP contribution in [-0.4, -0.2) is 28.4 Å². The van der Waals surface area contributed by atoms with Crippen molar-refractivity contribution in [2.24, 2.45) is 7.05 Å². The minimum atomic E-state index is -0.715. The zero-order chi connectivity index (χ0) is 9.14. The third-order valence-electron chi connectivity index (χ3n) is 1.59. The van der Waals surface area contributed by atoms with Crippen molar-refractivity contribution < 1.29 is 9.84 Å². The van der Waals surface area contributed by atoms with Crippen LogP contribution in [0.4, 0.5) is 0 Å². The van der Waals surface area contributed by atoms with Gasteiger partial charge in [0, 0.05) is 14.2 Å². The zero-order valence-electron chi connectivity index (χ0n) is 6.99. The van der Waals surface area contributed by atoms with Crippen molar-refractivity contribution in [2.75, 3.05) is 13.7 Å². The summed E-state index contributed by atoms with van der Waals surface area (Å²) in [5.41, 5.74) is 0. The first kappa shape index (κ1) is 9.51. The number of aliphatic hydroxyl groups is 1. The SMILES string of the molecule is COCC(O)c1ncc(Cl)n1C. The van der Waals surface area contributed by atoms with Crippen LogP contribution in [0.25, 0.3) is 0 Å². The van der Waals surface area contributed by atoms with E-state index in [4.69, 9.17) is 16.3 Å². The summed E-state index contributed by atoms with van der Waals surface area (Å²) in [5.74, 6) is 0.516. The number of imidazole rings is 1. The summed E-state index contributed by atoms with van der Waals surface area (Å²) in [6.45, 7) is 0.223. The van der Waals surface area contributed by atoms with Crippen molar-refractivity contribution in [3.05, 3.63) is 17.2 Å². The van der Waals surface area contributed by atoms with Crippen molar-refractivity contribution in [3.8, 4) is 0 Å². The third kappa shape index (κ3) is 1.77. The topological polar surface area (TPSA) is 47.3 Å². The smallest absolute Gasteiger partial charge is 0.140 e. The standard InChI is InChI=1S/C7H11ClN2O2/c1-10-6(8)3-9-7(10)5(11)4-12-2/h3,5,11H,4H2,1-2H3. The molecule has 1 unspecified atom stereocenters. The molecule has 0 aliphatic rings. The highest BCUT2D eigenvalue weighted by Crippen LogP contribution is 2.15. The van der Waals surface area contributed by atoms with Gasteiger partial charge in [0.05, 0.1) is 12.8 Å². The van der Waals surface area contributed by atoms with E-state index < -0.39 is 6.10 Å². The molecule has 0 fully saturated rings. The first-order chi connectivity index (χ1) is 5.66. The van der Waals surface area contributed by atoms with Crippen molar-refractivity contribution >= 4 is 11.6 Å². The molecular formula is C7H11ClN2O2. The van der Waals surface area contributed by atoms with Gasteiger partial charge in [-0.05, 0) is 0 Å². The maximum atomic E-state index is 9.45. The van der Waals surface area contributed by atoms with Crippen LogP contribution < -0.4 is 0 Å². The maximum absolute atomic E-state index is 9.45. The number of rotatable bonds is 3. The molecule has 1 atom stereocenters. The number of ether oxygens (including phenoxy) is 1. The normalized spacial score (nSPS) is 13.3. The highest BCUT2D eigenvalue weighted by Gasteiger charge is 2.13. The molecule has 0 saturated carbocycles. The second-order valence-electron chi connectivity index (χ2n) is 2.47. The molecular weight excluding hydrogens is 180 g/mol. The van der Waals surface area contributed by atoms with E-state index in [0.29, 0.717) is 11.0 Å². The van der Waals surface area contributed by atoms with Gasteiger partial charge >= 0.3 is 0 Å². The fourth-order valence-electron chi connectivity index (χ4n) is 0.944. The first-order valence-corrected chi connectivity index (χ1v) is 3.88. The van der Waals surface area contributed by atoms with Gasteiger partial charge in [0.2, 0.25) is 0 Å². The summed E-state index contributed by atoms with van der Waals surface area (Å²) < 4.78 is 6.39. The van der Waals surface area contributed by atoms with Crippen LogP contribution in [0.5, 0.6) is 0 Å². The van der Waals surface area contributed by atoms with Gasteiger partial charge < -0.3 is 14.4 Å². The molecule has 0 aliphatic carbocycles. The summed E-state index contributed by atoms with van der Waals surface area (Å²) in [5, 5.41) is 9.95. The Balaban J connectivity index is 2.80. The molecule has 0 bridgehead atoms. The number of hydrogen-bond acceptors (Lipinski definition) is 3. The Hall–Kier alpha value is -0.580. The van der Waals surface area contributed by atoms with E-state index in [2.05, 4.69) is 4.98 Å². The van der Waals surface area contributed by atoms with Crippen LogP contribution in [-0.2, 0) is 11.8 Å². The Morgan fingerprint density at radius 1 is 1.83 bits per heavy atom. The van der Waals surface area contributed by atoms with E-state index in [0.717, 1.165) is 0 Å². The number of nitrogens with zero attached hydrogens (tertiary/aromatic N) is 2. The Labute approximate surface area is 75.7 Å². The monoisotopic (exact) mass is 190 g/mol. The molecule has 1 N–H and O–H groups in total. The van der Waals surface area contributed by atoms with Crippen molar-refractivity contribution in [1.82, 2.24) is 9.55 Å². The Bertz CT molecular complexity index is 262. The van der Waals surface area contributed by atoms with Gasteiger partial charge in [0.1, 0.15) is 17.1 Å². The Morgan fingerprint density at radius 3 is 2.92 bits per heavy atom. The molecule has 0 aliphatic heterocycles. The summed E-state index contributed by atoms with van der Waals surface area (Å²) in [6, 6.07) is 0. The largest absolute Gasteiger partial charge is 0.383 e. The predicted molar refractivity (Wildman–Crippen MR) is 45.1 cm³/mol. The first-order valence-electron chi connectivity index (χ1n) is 3.51. The molecule has 0 spiro atoms. The number of hydrogen-bond donors (Lipinski definition) is 1. The summed E-state index contributed by atoms with van der Waals surface area (Å²) in [7, 11) is 3.26. The molecule has 1 rings (SSSR count). The Kier molecular flexibility index (Phi) is 3.08. The lowest BCUT2D eigenvalue weighted by Gasteiger charge is -2.08. The fraction of sp³-hybridized carbons (Fsp3) is 0.571. The predicted octanol–water partition coefficient (Wildman–Crippen LogP) is 0.753. The van der Waals surface area contributed by atoms with Gasteiger partial charge in [-0.2, -0.15) is 0 Å². The van der Waals surface area contributed by atoms with E-state index in [1.807, 2.05) is 0 Å². The van der Waals surface area contributed by atoms with Gasteiger partial charge in [-0.15, -0.1) is 0 Å². The van der Waals surface area contributed by atoms with E-state index in [1.54, 1.807) is 11.6 Å². The lowest BCUT2D eigenvalue weighted by atomic mass is 10.3. The van der Waals surface area contributed by atoms with Gasteiger partial charge in [-0.3, -0.25) is 0 Å². The molecule has 68 valence electrons. The molecule has 4 nitrogen and oxygen atoms in total. The second kappa shape index (κ2) is 3.89. The van der Waals surface area contributed by atoms with Crippen LogP contribution in [0.2, 0.25) is 5.15 Å². The van der Waals surface area contributed by atoms with Crippen molar-refractivity contribution in [1.29, 1.82) is 0 Å². The lowest BCUT2D eigenvalue weighted by Crippen LogP contribution is -2.10. The van der Waals surface area contributed by atoms with Crippen LogP contribution in [0, 0.1) is 0 Å². The number of aromatic nitrogens is 2. The summed E-state index contributed by atoms with van der Waals surface area (Å²) in [6.07, 6.45) is 0.781. The molecule has 0 saturated heterocycles. The van der Waals surface area contributed by atoms with Crippen molar-refractivity contribution in [2.45, 2.75) is 6.10 Å². The van der Waals surface area contributed by atoms with Crippen LogP contribution >= 0.6 is 11.6 Å². The van der Waals surface area contributed by atoms with Gasteiger partial charge in [0.15, 0.2) is 0 Å². The average Bonchev–Trinajstić information content (AvgIpc) is 2.34. The van der Waals surface area contributed by atoms with E-state index in [9.17, 15) is 5.11 Å². The fourth-order valence-corrected chi connectivity index (χ4v) is 1.08. The van der Waals surface area contributed by atoms with Crippen LogP contribution in [0.1, 0.15) is 11.9 Å². The summed E-state index contributed by atoms with van der Waals surface area (Å²) >= 11 is 5.72. The van der Waals surface area contributed by atoms with E-state index >= 15 is 0 Å². The van der Waals surface area contributed by atoms with E-state index in [-0.39, 0.29) is 6.61 Å². The highest BCUT2D eigenvalue weighted by molar-refractivity contribution is 6.29. The number of methoxy groups -OCH3 is 1. The zero-order valence-corrected chi connectivity index (χ0v) is 7.75. The minimum Gasteiger partial charge on any atom is -0.383 e. The molecule has 0 radical (unpaired) electrons. The van der Waals surface area contributed by atoms with Crippen molar-refractivity contribution in [3.63, 3.8) is 0 Å². The minimum absolute atomic E-state index is 0.223. The Morgan fingerprint density at radius 2 is 2.50 bits per heavy atom.